The number of anilines is 1. The van der Waals surface area contributed by atoms with E-state index in [-0.39, 0.29) is 23.3 Å². The maximum atomic E-state index is 12.9. The van der Waals surface area contributed by atoms with Crippen molar-refractivity contribution < 1.29 is 9.59 Å². The predicted molar refractivity (Wildman–Crippen MR) is 99.5 cm³/mol. The van der Waals surface area contributed by atoms with Crippen LogP contribution in [0.1, 0.15) is 64.8 Å². The number of hydrogen-bond donors (Lipinski definition) is 2. The van der Waals surface area contributed by atoms with Gasteiger partial charge in [0.1, 0.15) is 5.82 Å². The van der Waals surface area contributed by atoms with Gasteiger partial charge in [0.2, 0.25) is 11.8 Å². The molecule has 0 aliphatic heterocycles. The molecule has 4 aliphatic carbocycles. The normalized spacial score (nSPS) is 32.0. The van der Waals surface area contributed by atoms with Crippen LogP contribution in [0.3, 0.4) is 0 Å². The van der Waals surface area contributed by atoms with Gasteiger partial charge in [-0.15, -0.1) is 0 Å². The first kappa shape index (κ1) is 17.6. The molecule has 0 aromatic carbocycles. The van der Waals surface area contributed by atoms with E-state index >= 15 is 0 Å². The molecule has 2 N–H and O–H groups in total. The molecule has 4 saturated carbocycles. The van der Waals surface area contributed by atoms with Gasteiger partial charge in [0.25, 0.3) is 0 Å². The Morgan fingerprint density at radius 1 is 1.19 bits per heavy atom. The topological polar surface area (TPSA) is 76.0 Å². The van der Waals surface area contributed by atoms with Crippen molar-refractivity contribution in [2.45, 2.75) is 64.8 Å². The summed E-state index contributed by atoms with van der Waals surface area (Å²) in [5.74, 6) is 3.08. The van der Waals surface area contributed by atoms with Gasteiger partial charge in [-0.25, -0.2) is 4.68 Å². The van der Waals surface area contributed by atoms with Crippen LogP contribution in [0.2, 0.25) is 0 Å². The molecule has 142 valence electrons. The third-order valence-corrected chi connectivity index (χ3v) is 6.58. The van der Waals surface area contributed by atoms with Crippen LogP contribution in [0, 0.1) is 23.2 Å². The first-order valence-electron chi connectivity index (χ1n) is 10.1. The van der Waals surface area contributed by atoms with Crippen LogP contribution in [-0.2, 0) is 9.59 Å². The zero-order valence-corrected chi connectivity index (χ0v) is 15.8. The van der Waals surface area contributed by atoms with Gasteiger partial charge in [-0.1, -0.05) is 0 Å². The SMILES string of the molecule is CC(C)n1nccc1NC(=O)CCNC(=O)C12CC3CC(CC(C3)C1)C2. The third kappa shape index (κ3) is 3.26. The summed E-state index contributed by atoms with van der Waals surface area (Å²) in [6.07, 6.45) is 9.15. The predicted octanol–water partition coefficient (Wildman–Crippen LogP) is 3.13. The number of rotatable bonds is 6. The molecule has 5 rings (SSSR count). The molecular formula is C20H30N4O2. The van der Waals surface area contributed by atoms with Gasteiger partial charge in [-0.3, -0.25) is 9.59 Å². The van der Waals surface area contributed by atoms with Gasteiger partial charge >= 0.3 is 0 Å². The zero-order valence-electron chi connectivity index (χ0n) is 15.8. The molecule has 1 aromatic rings. The highest BCUT2D eigenvalue weighted by molar-refractivity contribution is 5.90. The molecule has 0 unspecified atom stereocenters. The average molecular weight is 358 g/mol. The Labute approximate surface area is 155 Å². The molecule has 6 nitrogen and oxygen atoms in total. The maximum Gasteiger partial charge on any atom is 0.227 e. The minimum atomic E-state index is -0.137. The van der Waals surface area contributed by atoms with Crippen LogP contribution in [0.4, 0.5) is 5.82 Å². The summed E-state index contributed by atoms with van der Waals surface area (Å²) >= 11 is 0. The summed E-state index contributed by atoms with van der Waals surface area (Å²) < 4.78 is 1.78. The minimum Gasteiger partial charge on any atom is -0.355 e. The summed E-state index contributed by atoms with van der Waals surface area (Å²) in [6.45, 7) is 4.45. The largest absolute Gasteiger partial charge is 0.355 e. The Morgan fingerprint density at radius 2 is 1.81 bits per heavy atom. The quantitative estimate of drug-likeness (QED) is 0.820. The van der Waals surface area contributed by atoms with E-state index in [2.05, 4.69) is 15.7 Å². The molecule has 4 aliphatic rings. The first-order valence-corrected chi connectivity index (χ1v) is 10.1. The number of nitrogens with zero attached hydrogens (tertiary/aromatic N) is 2. The van der Waals surface area contributed by atoms with E-state index in [0.29, 0.717) is 18.8 Å². The van der Waals surface area contributed by atoms with Crippen molar-refractivity contribution in [2.75, 3.05) is 11.9 Å². The summed E-state index contributed by atoms with van der Waals surface area (Å²) in [6, 6.07) is 1.99. The van der Waals surface area contributed by atoms with Crippen molar-refractivity contribution in [3.8, 4) is 0 Å². The molecule has 1 aromatic heterocycles. The van der Waals surface area contributed by atoms with Crippen molar-refractivity contribution in [3.63, 3.8) is 0 Å². The van der Waals surface area contributed by atoms with Gasteiger partial charge in [-0.2, -0.15) is 5.10 Å². The van der Waals surface area contributed by atoms with E-state index in [1.54, 1.807) is 16.9 Å². The summed E-state index contributed by atoms with van der Waals surface area (Å²) in [4.78, 5) is 25.1. The van der Waals surface area contributed by atoms with E-state index in [0.717, 1.165) is 37.0 Å². The van der Waals surface area contributed by atoms with Gasteiger partial charge in [0, 0.05) is 30.5 Å². The molecule has 26 heavy (non-hydrogen) atoms. The van der Waals surface area contributed by atoms with E-state index in [4.69, 9.17) is 0 Å². The zero-order chi connectivity index (χ0) is 18.3. The Morgan fingerprint density at radius 3 is 2.38 bits per heavy atom. The summed E-state index contributed by atoms with van der Waals surface area (Å²) in [7, 11) is 0. The molecule has 0 atom stereocenters. The lowest BCUT2D eigenvalue weighted by molar-refractivity contribution is -0.146. The van der Waals surface area contributed by atoms with Crippen LogP contribution in [0.5, 0.6) is 0 Å². The Bertz CT molecular complexity index is 658. The monoisotopic (exact) mass is 358 g/mol. The Hall–Kier alpha value is -1.85. The standard InChI is InChI=1S/C20H30N4O2/c1-13(2)24-17(3-6-22-24)23-18(25)4-5-21-19(26)20-10-14-7-15(11-20)9-16(8-14)12-20/h3,6,13-16H,4-5,7-12H2,1-2H3,(H,21,26)(H,23,25). The van der Waals surface area contributed by atoms with Crippen LogP contribution >= 0.6 is 0 Å². The van der Waals surface area contributed by atoms with Crippen LogP contribution in [0.15, 0.2) is 12.3 Å². The third-order valence-electron chi connectivity index (χ3n) is 6.58. The number of aromatic nitrogens is 2. The molecular weight excluding hydrogens is 328 g/mol. The second-order valence-electron chi connectivity index (χ2n) is 9.01. The number of hydrogen-bond acceptors (Lipinski definition) is 3. The number of nitrogens with one attached hydrogen (secondary N) is 2. The Kier molecular flexibility index (Phi) is 4.53. The van der Waals surface area contributed by atoms with E-state index < -0.39 is 0 Å². The van der Waals surface area contributed by atoms with Gasteiger partial charge < -0.3 is 10.6 Å². The second kappa shape index (κ2) is 6.71. The lowest BCUT2D eigenvalue weighted by atomic mass is 9.49. The van der Waals surface area contributed by atoms with Crippen LogP contribution in [-0.4, -0.2) is 28.1 Å². The van der Waals surface area contributed by atoms with Crippen molar-refractivity contribution in [1.29, 1.82) is 0 Å². The highest BCUT2D eigenvalue weighted by Crippen LogP contribution is 2.60. The van der Waals surface area contributed by atoms with Crippen molar-refractivity contribution in [2.24, 2.45) is 23.2 Å². The van der Waals surface area contributed by atoms with Gasteiger partial charge in [0.15, 0.2) is 0 Å². The van der Waals surface area contributed by atoms with Crippen molar-refractivity contribution >= 4 is 17.6 Å². The lowest BCUT2D eigenvalue weighted by Gasteiger charge is -2.55. The van der Waals surface area contributed by atoms with Gasteiger partial charge in [-0.05, 0) is 70.1 Å². The van der Waals surface area contributed by atoms with Crippen molar-refractivity contribution in [3.05, 3.63) is 12.3 Å². The lowest BCUT2D eigenvalue weighted by Crippen LogP contribution is -2.53. The number of amides is 2. The fourth-order valence-corrected chi connectivity index (χ4v) is 5.90. The van der Waals surface area contributed by atoms with Crippen molar-refractivity contribution in [1.82, 2.24) is 15.1 Å². The van der Waals surface area contributed by atoms with Crippen LogP contribution in [0.25, 0.3) is 0 Å². The van der Waals surface area contributed by atoms with E-state index in [1.165, 1.54) is 19.3 Å². The number of carbonyl (C=O) groups is 2. The highest BCUT2D eigenvalue weighted by Gasteiger charge is 2.54. The fraction of sp³-hybridized carbons (Fsp3) is 0.750. The molecule has 4 fully saturated rings. The van der Waals surface area contributed by atoms with E-state index in [9.17, 15) is 9.59 Å². The highest BCUT2D eigenvalue weighted by atomic mass is 16.2. The number of carbonyl (C=O) groups excluding carboxylic acids is 2. The molecule has 0 saturated heterocycles. The molecule has 0 radical (unpaired) electrons. The van der Waals surface area contributed by atoms with Gasteiger partial charge in [0.05, 0.1) is 6.20 Å². The maximum absolute atomic E-state index is 12.9. The minimum absolute atomic E-state index is 0.0850. The molecule has 1 heterocycles. The average Bonchev–Trinajstić information content (AvgIpc) is 3.01. The first-order chi connectivity index (χ1) is 12.4. The molecule has 6 heteroatoms. The molecule has 2 amide bonds. The summed E-state index contributed by atoms with van der Waals surface area (Å²) in [5, 5.41) is 10.2. The second-order valence-corrected chi connectivity index (χ2v) is 9.01. The smallest absolute Gasteiger partial charge is 0.227 e. The molecule has 4 bridgehead atoms. The Balaban J connectivity index is 1.27. The molecule has 0 spiro atoms. The summed E-state index contributed by atoms with van der Waals surface area (Å²) in [5.41, 5.74) is -0.137. The van der Waals surface area contributed by atoms with Crippen LogP contribution < -0.4 is 10.6 Å². The fourth-order valence-electron chi connectivity index (χ4n) is 5.90. The van der Waals surface area contributed by atoms with E-state index in [1.807, 2.05) is 13.8 Å².